The average Bonchev–Trinajstić information content (AvgIpc) is 2.75. The number of rotatable bonds is 10. The van der Waals surface area contributed by atoms with Crippen molar-refractivity contribution in [3.63, 3.8) is 0 Å². The molecule has 3 aromatic rings. The minimum absolute atomic E-state index is 0.791. The van der Waals surface area contributed by atoms with Crippen molar-refractivity contribution in [2.45, 2.75) is 13.1 Å². The summed E-state index contributed by atoms with van der Waals surface area (Å²) in [5.41, 5.74) is 5.00. The van der Waals surface area contributed by atoms with E-state index < -0.39 is 0 Å². The molecule has 2 heteroatoms. The normalized spacial score (nSPS) is 10.3. The fourth-order valence-electron chi connectivity index (χ4n) is 3.41. The molecular formula is C26H28N2. The van der Waals surface area contributed by atoms with Gasteiger partial charge in [0.1, 0.15) is 0 Å². The van der Waals surface area contributed by atoms with E-state index >= 15 is 0 Å². The summed E-state index contributed by atoms with van der Waals surface area (Å²) in [6.07, 6.45) is 3.93. The second kappa shape index (κ2) is 10.2. The molecule has 0 saturated heterocycles. The Bertz CT molecular complexity index is 797. The van der Waals surface area contributed by atoms with Crippen molar-refractivity contribution < 1.29 is 0 Å². The fraction of sp³-hybridized carbons (Fsp3) is 0.154. The standard InChI is InChI=1S/C26H28N2/c1-3-19-27(21-23-13-7-5-8-14-23)25-17-11-12-18-26(25)28(20-4-2)22-24-15-9-6-10-16-24/h3-18H,1-2,19-22H2. The first-order chi connectivity index (χ1) is 13.8. The second-order valence-corrected chi connectivity index (χ2v) is 6.80. The fourth-order valence-corrected chi connectivity index (χ4v) is 3.41. The lowest BCUT2D eigenvalue weighted by Gasteiger charge is -2.32. The number of hydrogen-bond acceptors (Lipinski definition) is 2. The molecule has 0 aliphatic heterocycles. The Labute approximate surface area is 169 Å². The van der Waals surface area contributed by atoms with Crippen LogP contribution in [0, 0.1) is 0 Å². The predicted octanol–water partition coefficient (Wildman–Crippen LogP) is 6.07. The zero-order valence-electron chi connectivity index (χ0n) is 16.4. The van der Waals surface area contributed by atoms with Gasteiger partial charge in [-0.2, -0.15) is 0 Å². The highest BCUT2D eigenvalue weighted by molar-refractivity contribution is 5.72. The van der Waals surface area contributed by atoms with Crippen molar-refractivity contribution in [1.29, 1.82) is 0 Å². The summed E-state index contributed by atoms with van der Waals surface area (Å²) in [5, 5.41) is 0. The molecular weight excluding hydrogens is 340 g/mol. The molecule has 3 rings (SSSR count). The van der Waals surface area contributed by atoms with Gasteiger partial charge in [0.05, 0.1) is 11.4 Å². The minimum atomic E-state index is 0.791. The highest BCUT2D eigenvalue weighted by Gasteiger charge is 2.15. The Morgan fingerprint density at radius 1 is 0.536 bits per heavy atom. The minimum Gasteiger partial charge on any atom is -0.362 e. The van der Waals surface area contributed by atoms with Crippen molar-refractivity contribution >= 4 is 11.4 Å². The maximum absolute atomic E-state index is 3.97. The van der Waals surface area contributed by atoms with Gasteiger partial charge in [0.25, 0.3) is 0 Å². The Kier molecular flexibility index (Phi) is 7.08. The maximum atomic E-state index is 3.97. The van der Waals surface area contributed by atoms with E-state index in [9.17, 15) is 0 Å². The molecule has 0 N–H and O–H groups in total. The van der Waals surface area contributed by atoms with Crippen LogP contribution < -0.4 is 9.80 Å². The quantitative estimate of drug-likeness (QED) is 0.401. The van der Waals surface area contributed by atoms with Gasteiger partial charge in [-0.15, -0.1) is 13.2 Å². The largest absolute Gasteiger partial charge is 0.362 e. The molecule has 0 radical (unpaired) electrons. The van der Waals surface area contributed by atoms with Gasteiger partial charge in [0.2, 0.25) is 0 Å². The highest BCUT2D eigenvalue weighted by atomic mass is 15.2. The topological polar surface area (TPSA) is 6.48 Å². The predicted molar refractivity (Wildman–Crippen MR) is 122 cm³/mol. The van der Waals surface area contributed by atoms with E-state index in [1.165, 1.54) is 22.5 Å². The average molecular weight is 369 g/mol. The molecule has 0 spiro atoms. The molecule has 0 bridgehead atoms. The van der Waals surface area contributed by atoms with Gasteiger partial charge < -0.3 is 9.80 Å². The third-order valence-electron chi connectivity index (χ3n) is 4.69. The molecule has 28 heavy (non-hydrogen) atoms. The van der Waals surface area contributed by atoms with Crippen LogP contribution in [-0.2, 0) is 13.1 Å². The van der Waals surface area contributed by atoms with E-state index in [1.54, 1.807) is 0 Å². The Morgan fingerprint density at radius 3 is 1.25 bits per heavy atom. The van der Waals surface area contributed by atoms with Crippen LogP contribution in [0.4, 0.5) is 11.4 Å². The van der Waals surface area contributed by atoms with E-state index in [-0.39, 0.29) is 0 Å². The Morgan fingerprint density at radius 2 is 0.893 bits per heavy atom. The molecule has 0 saturated carbocycles. The summed E-state index contributed by atoms with van der Waals surface area (Å²) in [5.74, 6) is 0. The molecule has 0 unspecified atom stereocenters. The molecule has 0 amide bonds. The van der Waals surface area contributed by atoms with Crippen molar-refractivity contribution in [3.05, 3.63) is 121 Å². The number of benzene rings is 3. The molecule has 2 nitrogen and oxygen atoms in total. The van der Waals surface area contributed by atoms with E-state index in [1.807, 2.05) is 12.2 Å². The van der Waals surface area contributed by atoms with Crippen LogP contribution in [-0.4, -0.2) is 13.1 Å². The number of hydrogen-bond donors (Lipinski definition) is 0. The van der Waals surface area contributed by atoms with Crippen LogP contribution >= 0.6 is 0 Å². The number of nitrogens with zero attached hydrogens (tertiary/aromatic N) is 2. The van der Waals surface area contributed by atoms with Crippen LogP contribution in [0.25, 0.3) is 0 Å². The Hall–Kier alpha value is -3.26. The lowest BCUT2D eigenvalue weighted by Crippen LogP contribution is -2.28. The third kappa shape index (κ3) is 5.14. The van der Waals surface area contributed by atoms with Gasteiger partial charge in [0.15, 0.2) is 0 Å². The first kappa shape index (κ1) is 19.5. The van der Waals surface area contributed by atoms with Crippen LogP contribution in [0.1, 0.15) is 11.1 Å². The second-order valence-electron chi connectivity index (χ2n) is 6.80. The van der Waals surface area contributed by atoms with Gasteiger partial charge >= 0.3 is 0 Å². The molecule has 0 atom stereocenters. The van der Waals surface area contributed by atoms with Crippen molar-refractivity contribution in [2.75, 3.05) is 22.9 Å². The van der Waals surface area contributed by atoms with Gasteiger partial charge in [-0.1, -0.05) is 84.9 Å². The smallest absolute Gasteiger partial charge is 0.0610 e. The van der Waals surface area contributed by atoms with Gasteiger partial charge in [-0.3, -0.25) is 0 Å². The van der Waals surface area contributed by atoms with Crippen LogP contribution in [0.15, 0.2) is 110 Å². The molecule has 0 aliphatic carbocycles. The summed E-state index contributed by atoms with van der Waals surface area (Å²) >= 11 is 0. The summed E-state index contributed by atoms with van der Waals surface area (Å²) in [6.45, 7) is 11.2. The zero-order chi connectivity index (χ0) is 19.6. The van der Waals surface area contributed by atoms with Crippen LogP contribution in [0.3, 0.4) is 0 Å². The van der Waals surface area contributed by atoms with Gasteiger partial charge in [-0.05, 0) is 23.3 Å². The monoisotopic (exact) mass is 368 g/mol. The molecule has 0 heterocycles. The number of para-hydroxylation sites is 2. The third-order valence-corrected chi connectivity index (χ3v) is 4.69. The summed E-state index contributed by atoms with van der Waals surface area (Å²) in [6, 6.07) is 29.8. The molecule has 3 aromatic carbocycles. The first-order valence-electron chi connectivity index (χ1n) is 9.70. The van der Waals surface area contributed by atoms with E-state index in [2.05, 4.69) is 108 Å². The summed E-state index contributed by atoms with van der Waals surface area (Å²) in [4.78, 5) is 4.75. The SMILES string of the molecule is C=CCN(Cc1ccccc1)c1ccccc1N(CC=C)Cc1ccccc1. The van der Waals surface area contributed by atoms with Crippen LogP contribution in [0.5, 0.6) is 0 Å². The molecule has 0 aliphatic rings. The Balaban J connectivity index is 1.93. The van der Waals surface area contributed by atoms with Crippen molar-refractivity contribution in [3.8, 4) is 0 Å². The zero-order valence-corrected chi connectivity index (χ0v) is 16.4. The van der Waals surface area contributed by atoms with Gasteiger partial charge in [-0.25, -0.2) is 0 Å². The van der Waals surface area contributed by atoms with Crippen molar-refractivity contribution in [2.24, 2.45) is 0 Å². The lowest BCUT2D eigenvalue weighted by atomic mass is 10.1. The molecule has 142 valence electrons. The van der Waals surface area contributed by atoms with E-state index in [0.29, 0.717) is 0 Å². The first-order valence-corrected chi connectivity index (χ1v) is 9.70. The molecule has 0 fully saturated rings. The maximum Gasteiger partial charge on any atom is 0.0610 e. The summed E-state index contributed by atoms with van der Waals surface area (Å²) < 4.78 is 0. The van der Waals surface area contributed by atoms with E-state index in [4.69, 9.17) is 0 Å². The van der Waals surface area contributed by atoms with Crippen molar-refractivity contribution in [1.82, 2.24) is 0 Å². The summed E-state index contributed by atoms with van der Waals surface area (Å²) in [7, 11) is 0. The van der Waals surface area contributed by atoms with Crippen LogP contribution in [0.2, 0.25) is 0 Å². The molecule has 0 aromatic heterocycles. The van der Waals surface area contributed by atoms with Gasteiger partial charge in [0, 0.05) is 26.2 Å². The highest BCUT2D eigenvalue weighted by Crippen LogP contribution is 2.31. The lowest BCUT2D eigenvalue weighted by molar-refractivity contribution is 0.833. The number of anilines is 2. The van der Waals surface area contributed by atoms with E-state index in [0.717, 1.165) is 26.2 Å².